The van der Waals surface area contributed by atoms with Crippen molar-refractivity contribution in [3.05, 3.63) is 53.9 Å². The maximum atomic E-state index is 12.4. The molecule has 0 aliphatic carbocycles. The van der Waals surface area contributed by atoms with Gasteiger partial charge in [0, 0.05) is 11.8 Å². The number of hydrogen-bond acceptors (Lipinski definition) is 5. The van der Waals surface area contributed by atoms with E-state index in [4.69, 9.17) is 10.2 Å². The summed E-state index contributed by atoms with van der Waals surface area (Å²) in [5.74, 6) is -0.109. The van der Waals surface area contributed by atoms with Gasteiger partial charge < -0.3 is 10.2 Å². The van der Waals surface area contributed by atoms with Crippen LogP contribution in [0.2, 0.25) is 0 Å². The predicted molar refractivity (Wildman–Crippen MR) is 80.5 cm³/mol. The number of rotatable bonds is 3. The van der Waals surface area contributed by atoms with Gasteiger partial charge in [-0.25, -0.2) is 13.4 Å². The van der Waals surface area contributed by atoms with Gasteiger partial charge in [0.25, 0.3) is 0 Å². The molecule has 0 aliphatic rings. The van der Waals surface area contributed by atoms with Crippen molar-refractivity contribution in [2.75, 3.05) is 5.73 Å². The van der Waals surface area contributed by atoms with Crippen molar-refractivity contribution < 1.29 is 12.8 Å². The molecule has 2 aromatic carbocycles. The van der Waals surface area contributed by atoms with Gasteiger partial charge in [-0.15, -0.1) is 0 Å². The number of nitrogens with two attached hydrogens (primary N) is 1. The van der Waals surface area contributed by atoms with Crippen LogP contribution < -0.4 is 5.73 Å². The quantitative estimate of drug-likeness (QED) is 0.752. The number of aromatic nitrogens is 1. The van der Waals surface area contributed by atoms with Crippen LogP contribution in [0.3, 0.4) is 0 Å². The number of oxazole rings is 1. The van der Waals surface area contributed by atoms with E-state index in [2.05, 4.69) is 4.98 Å². The second-order valence-electron chi connectivity index (χ2n) is 4.91. The van der Waals surface area contributed by atoms with Crippen molar-refractivity contribution in [2.24, 2.45) is 0 Å². The first kappa shape index (κ1) is 13.6. The van der Waals surface area contributed by atoms with Crippen LogP contribution in [-0.2, 0) is 15.6 Å². The fraction of sp³-hybridized carbons (Fsp3) is 0.133. The molecule has 0 saturated carbocycles. The highest BCUT2D eigenvalue weighted by molar-refractivity contribution is 7.90. The Kier molecular flexibility index (Phi) is 3.17. The van der Waals surface area contributed by atoms with Gasteiger partial charge in [-0.3, -0.25) is 0 Å². The van der Waals surface area contributed by atoms with Crippen molar-refractivity contribution in [3.8, 4) is 0 Å². The van der Waals surface area contributed by atoms with E-state index in [1.54, 1.807) is 36.4 Å². The molecule has 0 saturated heterocycles. The minimum absolute atomic E-state index is 0.164. The minimum atomic E-state index is -3.48. The topological polar surface area (TPSA) is 86.2 Å². The first-order valence-electron chi connectivity index (χ1n) is 6.38. The maximum Gasteiger partial charge on any atom is 0.211 e. The Balaban J connectivity index is 1.97. The summed E-state index contributed by atoms with van der Waals surface area (Å²) in [6, 6.07) is 11.8. The summed E-state index contributed by atoms with van der Waals surface area (Å²) in [6.45, 7) is 1.85. The highest BCUT2D eigenvalue weighted by Crippen LogP contribution is 2.22. The van der Waals surface area contributed by atoms with Gasteiger partial charge in [0.05, 0.1) is 4.90 Å². The molecule has 0 aliphatic heterocycles. The van der Waals surface area contributed by atoms with E-state index in [9.17, 15) is 8.42 Å². The number of hydrogen-bond donors (Lipinski definition) is 1. The zero-order valence-corrected chi connectivity index (χ0v) is 12.2. The number of nitrogens with zero attached hydrogens (tertiary/aromatic N) is 1. The third kappa shape index (κ3) is 2.75. The van der Waals surface area contributed by atoms with Crippen molar-refractivity contribution >= 4 is 26.6 Å². The maximum absolute atomic E-state index is 12.4. The van der Waals surface area contributed by atoms with E-state index < -0.39 is 9.84 Å². The fourth-order valence-electron chi connectivity index (χ4n) is 2.11. The Bertz CT molecular complexity index is 914. The van der Waals surface area contributed by atoms with Crippen molar-refractivity contribution in [3.63, 3.8) is 0 Å². The molecule has 0 radical (unpaired) electrons. The van der Waals surface area contributed by atoms with Crippen LogP contribution in [0.4, 0.5) is 5.69 Å². The van der Waals surface area contributed by atoms with E-state index in [1.165, 1.54) is 0 Å². The number of benzene rings is 2. The Morgan fingerprint density at radius 1 is 1.19 bits per heavy atom. The minimum Gasteiger partial charge on any atom is -0.439 e. The predicted octanol–water partition coefficient (Wildman–Crippen LogP) is 2.69. The lowest BCUT2D eigenvalue weighted by Crippen LogP contribution is -2.05. The van der Waals surface area contributed by atoms with Crippen LogP contribution in [0.1, 0.15) is 11.5 Å². The van der Waals surface area contributed by atoms with Crippen molar-refractivity contribution in [1.82, 2.24) is 4.98 Å². The molecule has 1 heterocycles. The molecule has 0 bridgehead atoms. The molecular weight excluding hydrogens is 288 g/mol. The van der Waals surface area contributed by atoms with Gasteiger partial charge in [0.1, 0.15) is 11.3 Å². The molecule has 0 fully saturated rings. The van der Waals surface area contributed by atoms with Crippen molar-refractivity contribution in [2.45, 2.75) is 17.6 Å². The first-order valence-corrected chi connectivity index (χ1v) is 8.04. The average molecular weight is 302 g/mol. The van der Waals surface area contributed by atoms with E-state index in [1.807, 2.05) is 13.0 Å². The molecule has 2 N–H and O–H groups in total. The summed E-state index contributed by atoms with van der Waals surface area (Å²) >= 11 is 0. The molecule has 0 atom stereocenters. The standard InChI is InChI=1S/C15H14N2O3S/c1-10-3-2-4-12(7-10)21(18,19)9-15-17-13-6-5-11(16)8-14(13)20-15/h2-8H,9,16H2,1H3. The zero-order chi connectivity index (χ0) is 15.0. The van der Waals surface area contributed by atoms with Gasteiger partial charge in [0.15, 0.2) is 15.4 Å². The van der Waals surface area contributed by atoms with Gasteiger partial charge in [0.2, 0.25) is 5.89 Å². The van der Waals surface area contributed by atoms with E-state index in [-0.39, 0.29) is 16.5 Å². The summed E-state index contributed by atoms with van der Waals surface area (Å²) in [6.07, 6.45) is 0. The Hall–Kier alpha value is -2.34. The molecule has 1 aromatic heterocycles. The third-order valence-corrected chi connectivity index (χ3v) is 4.72. The second-order valence-corrected chi connectivity index (χ2v) is 6.90. The van der Waals surface area contributed by atoms with E-state index in [0.29, 0.717) is 16.8 Å². The number of fused-ring (bicyclic) bond motifs is 1. The average Bonchev–Trinajstić information content (AvgIpc) is 2.79. The van der Waals surface area contributed by atoms with Gasteiger partial charge in [-0.1, -0.05) is 12.1 Å². The van der Waals surface area contributed by atoms with E-state index in [0.717, 1.165) is 5.56 Å². The molecule has 108 valence electrons. The summed E-state index contributed by atoms with van der Waals surface area (Å²) < 4.78 is 30.2. The molecule has 0 spiro atoms. The Morgan fingerprint density at radius 2 is 2.00 bits per heavy atom. The monoisotopic (exact) mass is 302 g/mol. The molecule has 3 aromatic rings. The number of anilines is 1. The summed E-state index contributed by atoms with van der Waals surface area (Å²) in [7, 11) is -3.48. The van der Waals surface area contributed by atoms with Crippen LogP contribution in [0.5, 0.6) is 0 Å². The second kappa shape index (κ2) is 4.89. The highest BCUT2D eigenvalue weighted by Gasteiger charge is 2.19. The fourth-order valence-corrected chi connectivity index (χ4v) is 3.37. The first-order chi connectivity index (χ1) is 9.94. The Morgan fingerprint density at radius 3 is 2.76 bits per heavy atom. The molecule has 21 heavy (non-hydrogen) atoms. The lowest BCUT2D eigenvalue weighted by molar-refractivity contribution is 0.540. The Labute approximate surface area is 122 Å². The van der Waals surface area contributed by atoms with Gasteiger partial charge in [-0.05, 0) is 36.8 Å². The third-order valence-electron chi connectivity index (χ3n) is 3.12. The molecular formula is C15H14N2O3S. The van der Waals surface area contributed by atoms with E-state index >= 15 is 0 Å². The van der Waals surface area contributed by atoms with Crippen LogP contribution >= 0.6 is 0 Å². The SMILES string of the molecule is Cc1cccc(S(=O)(=O)Cc2nc3ccc(N)cc3o2)c1. The van der Waals surface area contributed by atoms with Crippen LogP contribution in [0, 0.1) is 6.92 Å². The van der Waals surface area contributed by atoms with Crippen LogP contribution in [0.25, 0.3) is 11.1 Å². The number of nitrogen functional groups attached to an aromatic ring is 1. The lowest BCUT2D eigenvalue weighted by Gasteiger charge is -2.02. The van der Waals surface area contributed by atoms with Crippen LogP contribution in [0.15, 0.2) is 51.8 Å². The van der Waals surface area contributed by atoms with Gasteiger partial charge >= 0.3 is 0 Å². The van der Waals surface area contributed by atoms with Crippen LogP contribution in [-0.4, -0.2) is 13.4 Å². The summed E-state index contributed by atoms with van der Waals surface area (Å²) in [5.41, 5.74) is 8.19. The molecule has 0 amide bonds. The van der Waals surface area contributed by atoms with Crippen molar-refractivity contribution in [1.29, 1.82) is 0 Å². The normalized spacial score (nSPS) is 11.9. The molecule has 6 heteroatoms. The van der Waals surface area contributed by atoms with Gasteiger partial charge in [-0.2, -0.15) is 0 Å². The number of aryl methyl sites for hydroxylation is 1. The number of sulfone groups is 1. The smallest absolute Gasteiger partial charge is 0.211 e. The molecule has 3 rings (SSSR count). The highest BCUT2D eigenvalue weighted by atomic mass is 32.2. The molecule has 0 unspecified atom stereocenters. The molecule has 5 nitrogen and oxygen atoms in total. The summed E-state index contributed by atoms with van der Waals surface area (Å²) in [4.78, 5) is 4.45. The largest absolute Gasteiger partial charge is 0.439 e. The zero-order valence-electron chi connectivity index (χ0n) is 11.4. The summed E-state index contributed by atoms with van der Waals surface area (Å²) in [5, 5.41) is 0. The lowest BCUT2D eigenvalue weighted by atomic mass is 10.2.